The molecule has 0 spiro atoms. The zero-order valence-electron chi connectivity index (χ0n) is 14.0. The lowest BCUT2D eigenvalue weighted by molar-refractivity contribution is -0.134. The van der Waals surface area contributed by atoms with E-state index >= 15 is 0 Å². The first-order chi connectivity index (χ1) is 11.9. The van der Waals surface area contributed by atoms with Crippen molar-refractivity contribution in [3.8, 4) is 0 Å². The van der Waals surface area contributed by atoms with Crippen molar-refractivity contribution < 1.29 is 19.8 Å². The average molecular weight is 368 g/mol. The molecule has 2 unspecified atom stereocenters. The van der Waals surface area contributed by atoms with Gasteiger partial charge in [-0.2, -0.15) is 0 Å². The average Bonchev–Trinajstić information content (AvgIpc) is 2.53. The van der Waals surface area contributed by atoms with Gasteiger partial charge in [-0.05, 0) is 26.0 Å². The number of piperazine rings is 1. The molecule has 2 aliphatic rings. The second-order valence-corrected chi connectivity index (χ2v) is 6.62. The van der Waals surface area contributed by atoms with Gasteiger partial charge in [0.1, 0.15) is 0 Å². The van der Waals surface area contributed by atoms with E-state index in [9.17, 15) is 9.59 Å². The van der Waals surface area contributed by atoms with E-state index < -0.39 is 11.9 Å². The molecule has 0 aliphatic carbocycles. The van der Waals surface area contributed by atoms with Crippen LogP contribution in [0.1, 0.15) is 19.3 Å². The Labute approximate surface area is 151 Å². The number of rotatable bonds is 3. The number of halogens is 1. The zero-order chi connectivity index (χ0) is 18.4. The summed E-state index contributed by atoms with van der Waals surface area (Å²) in [5, 5.41) is 16.4. The maximum absolute atomic E-state index is 9.55. The molecule has 1 aromatic heterocycles. The Balaban J connectivity index is 0.000000242. The van der Waals surface area contributed by atoms with E-state index in [4.69, 9.17) is 21.8 Å². The van der Waals surface area contributed by atoms with E-state index in [0.717, 1.165) is 18.1 Å². The van der Waals surface area contributed by atoms with Crippen molar-refractivity contribution in [2.75, 3.05) is 25.0 Å². The predicted molar refractivity (Wildman–Crippen MR) is 95.1 cm³/mol. The van der Waals surface area contributed by atoms with Gasteiger partial charge in [0.2, 0.25) is 0 Å². The number of carboxylic acid groups (broad SMARTS) is 2. The highest BCUT2D eigenvalue weighted by atomic mass is 35.5. The van der Waals surface area contributed by atoms with Gasteiger partial charge in [0.05, 0.1) is 16.9 Å². The fourth-order valence-corrected chi connectivity index (χ4v) is 3.41. The van der Waals surface area contributed by atoms with E-state index in [1.165, 1.54) is 24.9 Å². The number of anilines is 1. The molecule has 1 aromatic rings. The standard InChI is InChI=1S/C13H18ClN3.C4H4O4/c1-16-11-3-2-4-12(16)9-17(8-11)13-5-10(14)6-15-7-13;5-3(6)1-2-4(7)8/h5-7,11-12H,2-4,8-9H2,1H3;1-2H,(H,5,6)(H,7,8)/b;2-1+. The van der Waals surface area contributed by atoms with Gasteiger partial charge < -0.3 is 15.1 Å². The number of likely N-dealkylation sites (N-methyl/N-ethyl adjacent to an activating group) is 1. The van der Waals surface area contributed by atoms with Crippen LogP contribution in [0.25, 0.3) is 0 Å². The molecular weight excluding hydrogens is 346 g/mol. The summed E-state index contributed by atoms with van der Waals surface area (Å²) in [6.07, 6.45) is 8.75. The van der Waals surface area contributed by atoms with Crippen LogP contribution in [0.4, 0.5) is 5.69 Å². The molecular formula is C17H22ClN3O4. The first kappa shape index (κ1) is 19.2. The lowest BCUT2D eigenvalue weighted by Gasteiger charge is -2.49. The number of piperidine rings is 1. The van der Waals surface area contributed by atoms with E-state index in [-0.39, 0.29) is 0 Å². The third-order valence-electron chi connectivity index (χ3n) is 4.51. The molecule has 136 valence electrons. The van der Waals surface area contributed by atoms with Crippen molar-refractivity contribution in [1.82, 2.24) is 9.88 Å². The van der Waals surface area contributed by atoms with Gasteiger partial charge in [-0.1, -0.05) is 18.0 Å². The quantitative estimate of drug-likeness (QED) is 0.790. The van der Waals surface area contributed by atoms with Crippen molar-refractivity contribution in [3.05, 3.63) is 35.6 Å². The second-order valence-electron chi connectivity index (χ2n) is 6.18. The number of nitrogens with zero attached hydrogens (tertiary/aromatic N) is 3. The summed E-state index contributed by atoms with van der Waals surface area (Å²) < 4.78 is 0. The molecule has 2 fully saturated rings. The SMILES string of the molecule is CN1C2CCCC1CN(c1cncc(Cl)c1)C2.O=C(O)/C=C/C(=O)O. The summed E-state index contributed by atoms with van der Waals surface area (Å²) in [7, 11) is 2.27. The molecule has 3 heterocycles. The highest BCUT2D eigenvalue weighted by Gasteiger charge is 2.34. The van der Waals surface area contributed by atoms with Gasteiger partial charge in [-0.3, -0.25) is 9.88 Å². The fraction of sp³-hybridized carbons (Fsp3) is 0.471. The van der Waals surface area contributed by atoms with Crippen molar-refractivity contribution in [2.24, 2.45) is 0 Å². The maximum Gasteiger partial charge on any atom is 0.328 e. The van der Waals surface area contributed by atoms with Crippen LogP contribution >= 0.6 is 11.6 Å². The number of aliphatic carboxylic acids is 2. The molecule has 7 nitrogen and oxygen atoms in total. The van der Waals surface area contributed by atoms with Crippen LogP contribution in [0.15, 0.2) is 30.6 Å². The summed E-state index contributed by atoms with van der Waals surface area (Å²) in [6, 6.07) is 3.42. The van der Waals surface area contributed by atoms with E-state index in [1.807, 2.05) is 12.3 Å². The van der Waals surface area contributed by atoms with Crippen molar-refractivity contribution >= 4 is 29.2 Å². The summed E-state index contributed by atoms with van der Waals surface area (Å²) in [4.78, 5) is 28.3. The lowest BCUT2D eigenvalue weighted by atomic mass is 9.92. The monoisotopic (exact) mass is 367 g/mol. The van der Waals surface area contributed by atoms with Gasteiger partial charge in [-0.15, -0.1) is 0 Å². The molecule has 2 atom stereocenters. The maximum atomic E-state index is 9.55. The van der Waals surface area contributed by atoms with Gasteiger partial charge in [0, 0.05) is 43.5 Å². The van der Waals surface area contributed by atoms with Crippen LogP contribution < -0.4 is 4.90 Å². The van der Waals surface area contributed by atoms with Gasteiger partial charge in [-0.25, -0.2) is 9.59 Å². The fourth-order valence-electron chi connectivity index (χ4n) is 3.24. The van der Waals surface area contributed by atoms with Crippen LogP contribution in [0.5, 0.6) is 0 Å². The minimum Gasteiger partial charge on any atom is -0.478 e. The van der Waals surface area contributed by atoms with E-state index in [0.29, 0.717) is 24.2 Å². The lowest BCUT2D eigenvalue weighted by Crippen LogP contribution is -2.59. The molecule has 0 amide bonds. The minimum atomic E-state index is -1.26. The number of carboxylic acids is 2. The summed E-state index contributed by atoms with van der Waals surface area (Å²) in [6.45, 7) is 2.21. The number of carbonyl (C=O) groups is 2. The van der Waals surface area contributed by atoms with Crippen LogP contribution in [0.2, 0.25) is 5.02 Å². The Morgan fingerprint density at radius 1 is 1.16 bits per heavy atom. The highest BCUT2D eigenvalue weighted by Crippen LogP contribution is 2.30. The molecule has 8 heteroatoms. The van der Waals surface area contributed by atoms with Crippen molar-refractivity contribution in [3.63, 3.8) is 0 Å². The topological polar surface area (TPSA) is 94.0 Å². The first-order valence-corrected chi connectivity index (χ1v) is 8.46. The van der Waals surface area contributed by atoms with E-state index in [1.54, 1.807) is 6.20 Å². The van der Waals surface area contributed by atoms with Gasteiger partial charge in [0.25, 0.3) is 0 Å². The zero-order valence-corrected chi connectivity index (χ0v) is 14.8. The van der Waals surface area contributed by atoms with Crippen LogP contribution in [-0.4, -0.2) is 64.3 Å². The van der Waals surface area contributed by atoms with Crippen LogP contribution in [-0.2, 0) is 9.59 Å². The van der Waals surface area contributed by atoms with Crippen molar-refractivity contribution in [2.45, 2.75) is 31.3 Å². The summed E-state index contributed by atoms with van der Waals surface area (Å²) in [5.41, 5.74) is 1.17. The third-order valence-corrected chi connectivity index (χ3v) is 4.72. The summed E-state index contributed by atoms with van der Waals surface area (Å²) >= 11 is 6.01. The normalized spacial score (nSPS) is 23.0. The Hall–Kier alpha value is -2.12. The molecule has 2 N–H and O–H groups in total. The Kier molecular flexibility index (Phi) is 6.78. The first-order valence-electron chi connectivity index (χ1n) is 8.08. The van der Waals surface area contributed by atoms with Crippen molar-refractivity contribution in [1.29, 1.82) is 0 Å². The van der Waals surface area contributed by atoms with Crippen LogP contribution in [0, 0.1) is 0 Å². The summed E-state index contributed by atoms with van der Waals surface area (Å²) in [5.74, 6) is -2.51. The molecule has 0 aromatic carbocycles. The largest absolute Gasteiger partial charge is 0.478 e. The number of hydrogen-bond donors (Lipinski definition) is 2. The molecule has 25 heavy (non-hydrogen) atoms. The van der Waals surface area contributed by atoms with Gasteiger partial charge >= 0.3 is 11.9 Å². The molecule has 2 aliphatic heterocycles. The molecule has 3 rings (SSSR count). The Bertz CT molecular complexity index is 623. The molecule has 2 bridgehead atoms. The Morgan fingerprint density at radius 3 is 2.20 bits per heavy atom. The molecule has 0 saturated carbocycles. The van der Waals surface area contributed by atoms with E-state index in [2.05, 4.69) is 21.8 Å². The third kappa shape index (κ3) is 5.72. The smallest absolute Gasteiger partial charge is 0.328 e. The highest BCUT2D eigenvalue weighted by molar-refractivity contribution is 6.30. The minimum absolute atomic E-state index is 0.558. The number of aromatic nitrogens is 1. The number of hydrogen-bond acceptors (Lipinski definition) is 5. The number of fused-ring (bicyclic) bond motifs is 2. The van der Waals surface area contributed by atoms with Gasteiger partial charge in [0.15, 0.2) is 0 Å². The second kappa shape index (κ2) is 8.82. The Morgan fingerprint density at radius 2 is 1.72 bits per heavy atom. The molecule has 0 radical (unpaired) electrons. The predicted octanol–water partition coefficient (Wildman–Crippen LogP) is 2.12. The molecule has 2 saturated heterocycles. The van der Waals surface area contributed by atoms with Crippen LogP contribution in [0.3, 0.4) is 0 Å². The number of pyridine rings is 1.